The van der Waals surface area contributed by atoms with Crippen molar-refractivity contribution in [2.24, 2.45) is 0 Å². The highest BCUT2D eigenvalue weighted by atomic mass is 32.2. The standard InChI is InChI=1S/C11H19N3OS2/c1-8(15-2)9-13-10(17-14-9)12-7-11(16-3)5-4-6-11/h8H,4-7H2,1-3H3,(H,12,13,14). The third-order valence-electron chi connectivity index (χ3n) is 3.42. The molecule has 2 rings (SSSR count). The van der Waals surface area contributed by atoms with Crippen molar-refractivity contribution in [3.63, 3.8) is 0 Å². The number of anilines is 1. The molecule has 1 aliphatic carbocycles. The molecule has 1 N–H and O–H groups in total. The van der Waals surface area contributed by atoms with Gasteiger partial charge in [-0.15, -0.1) is 0 Å². The summed E-state index contributed by atoms with van der Waals surface area (Å²) in [5.41, 5.74) is 0. The van der Waals surface area contributed by atoms with Gasteiger partial charge in [0.15, 0.2) is 5.82 Å². The molecule has 4 nitrogen and oxygen atoms in total. The topological polar surface area (TPSA) is 47.0 Å². The van der Waals surface area contributed by atoms with Crippen LogP contribution in [0.2, 0.25) is 0 Å². The molecule has 1 aliphatic rings. The predicted molar refractivity (Wildman–Crippen MR) is 73.9 cm³/mol. The Hall–Kier alpha value is -0.330. The van der Waals surface area contributed by atoms with Crippen molar-refractivity contribution >= 4 is 28.4 Å². The lowest BCUT2D eigenvalue weighted by molar-refractivity contribution is 0.113. The minimum absolute atomic E-state index is 0.0278. The summed E-state index contributed by atoms with van der Waals surface area (Å²) in [4.78, 5) is 4.44. The van der Waals surface area contributed by atoms with Crippen LogP contribution in [0.3, 0.4) is 0 Å². The van der Waals surface area contributed by atoms with E-state index in [1.54, 1.807) is 7.11 Å². The molecular weight excluding hydrogens is 254 g/mol. The van der Waals surface area contributed by atoms with Gasteiger partial charge in [0.2, 0.25) is 5.13 Å². The molecule has 1 aromatic heterocycles. The van der Waals surface area contributed by atoms with E-state index >= 15 is 0 Å². The maximum absolute atomic E-state index is 5.20. The first-order valence-corrected chi connectivity index (χ1v) is 7.84. The fourth-order valence-corrected chi connectivity index (χ4v) is 3.39. The minimum Gasteiger partial charge on any atom is -0.374 e. The molecule has 0 amide bonds. The molecule has 0 spiro atoms. The minimum atomic E-state index is -0.0278. The molecule has 1 heterocycles. The molecule has 0 radical (unpaired) electrons. The second kappa shape index (κ2) is 5.54. The Morgan fingerprint density at radius 1 is 1.59 bits per heavy atom. The van der Waals surface area contributed by atoms with E-state index in [9.17, 15) is 0 Å². The van der Waals surface area contributed by atoms with Crippen LogP contribution in [0, 0.1) is 0 Å². The largest absolute Gasteiger partial charge is 0.374 e. The number of methoxy groups -OCH3 is 1. The molecule has 1 aromatic rings. The lowest BCUT2D eigenvalue weighted by Crippen LogP contribution is -2.40. The molecule has 1 saturated carbocycles. The highest BCUT2D eigenvalue weighted by Gasteiger charge is 2.36. The Bertz CT molecular complexity index is 360. The molecule has 0 aliphatic heterocycles. The third kappa shape index (κ3) is 2.92. The van der Waals surface area contributed by atoms with Crippen molar-refractivity contribution in [1.82, 2.24) is 9.36 Å². The lowest BCUT2D eigenvalue weighted by atomic mass is 9.84. The predicted octanol–water partition coefficient (Wildman–Crippen LogP) is 2.94. The Labute approximate surface area is 111 Å². The van der Waals surface area contributed by atoms with Gasteiger partial charge in [-0.05, 0) is 26.0 Å². The van der Waals surface area contributed by atoms with E-state index in [1.807, 2.05) is 18.7 Å². The zero-order valence-corrected chi connectivity index (χ0v) is 12.2. The number of nitrogens with zero attached hydrogens (tertiary/aromatic N) is 2. The number of thioether (sulfide) groups is 1. The van der Waals surface area contributed by atoms with Gasteiger partial charge in [-0.1, -0.05) is 6.42 Å². The van der Waals surface area contributed by atoms with Crippen molar-refractivity contribution in [2.75, 3.05) is 25.2 Å². The number of aromatic nitrogens is 2. The maximum atomic E-state index is 5.20. The lowest BCUT2D eigenvalue weighted by Gasteiger charge is -2.40. The Kier molecular flexibility index (Phi) is 4.27. The molecule has 0 aromatic carbocycles. The van der Waals surface area contributed by atoms with Crippen molar-refractivity contribution in [2.45, 2.75) is 37.0 Å². The average Bonchev–Trinajstić information content (AvgIpc) is 2.76. The van der Waals surface area contributed by atoms with E-state index in [4.69, 9.17) is 4.74 Å². The van der Waals surface area contributed by atoms with Crippen LogP contribution < -0.4 is 5.32 Å². The van der Waals surface area contributed by atoms with Gasteiger partial charge in [-0.25, -0.2) is 4.98 Å². The molecule has 17 heavy (non-hydrogen) atoms. The highest BCUT2D eigenvalue weighted by molar-refractivity contribution is 8.00. The smallest absolute Gasteiger partial charge is 0.202 e. The SMILES string of the molecule is COC(C)c1nsc(NCC2(SC)CCC2)n1. The van der Waals surface area contributed by atoms with Gasteiger partial charge in [0, 0.05) is 29.9 Å². The first-order chi connectivity index (χ1) is 8.19. The van der Waals surface area contributed by atoms with E-state index in [2.05, 4.69) is 20.9 Å². The van der Waals surface area contributed by atoms with Crippen molar-refractivity contribution < 1.29 is 4.74 Å². The molecular formula is C11H19N3OS2. The molecule has 0 saturated heterocycles. The molecule has 96 valence electrons. The number of hydrogen-bond donors (Lipinski definition) is 1. The van der Waals surface area contributed by atoms with Crippen molar-refractivity contribution in [1.29, 1.82) is 0 Å². The normalized spacial score (nSPS) is 19.7. The summed E-state index contributed by atoms with van der Waals surface area (Å²) in [5, 5.41) is 4.31. The van der Waals surface area contributed by atoms with E-state index < -0.39 is 0 Å². The fourth-order valence-electron chi connectivity index (χ4n) is 1.84. The summed E-state index contributed by atoms with van der Waals surface area (Å²) >= 11 is 3.38. The summed E-state index contributed by atoms with van der Waals surface area (Å²) in [6, 6.07) is 0. The summed E-state index contributed by atoms with van der Waals surface area (Å²) in [5.74, 6) is 0.770. The van der Waals surface area contributed by atoms with E-state index in [0.29, 0.717) is 4.75 Å². The van der Waals surface area contributed by atoms with Gasteiger partial charge in [-0.3, -0.25) is 0 Å². The quantitative estimate of drug-likeness (QED) is 0.863. The Morgan fingerprint density at radius 3 is 2.88 bits per heavy atom. The van der Waals surface area contributed by atoms with E-state index in [1.165, 1.54) is 30.8 Å². The second-order valence-corrected chi connectivity index (χ2v) is 6.46. The molecule has 1 atom stereocenters. The molecule has 6 heteroatoms. The van der Waals surface area contributed by atoms with Gasteiger partial charge >= 0.3 is 0 Å². The van der Waals surface area contributed by atoms with Crippen LogP contribution in [0.5, 0.6) is 0 Å². The van der Waals surface area contributed by atoms with Gasteiger partial charge in [-0.2, -0.15) is 16.1 Å². The van der Waals surface area contributed by atoms with Crippen LogP contribution in [0.4, 0.5) is 5.13 Å². The highest BCUT2D eigenvalue weighted by Crippen LogP contribution is 2.42. The maximum Gasteiger partial charge on any atom is 0.202 e. The zero-order chi connectivity index (χ0) is 12.3. The van der Waals surface area contributed by atoms with E-state index in [0.717, 1.165) is 17.5 Å². The van der Waals surface area contributed by atoms with Crippen LogP contribution in [-0.2, 0) is 4.74 Å². The van der Waals surface area contributed by atoms with Crippen LogP contribution >= 0.6 is 23.3 Å². The van der Waals surface area contributed by atoms with Crippen LogP contribution in [0.15, 0.2) is 0 Å². The van der Waals surface area contributed by atoms with Gasteiger partial charge in [0.25, 0.3) is 0 Å². The number of hydrogen-bond acceptors (Lipinski definition) is 6. The second-order valence-electron chi connectivity index (χ2n) is 4.43. The number of rotatable bonds is 6. The molecule has 1 fully saturated rings. The summed E-state index contributed by atoms with van der Waals surface area (Å²) in [6.45, 7) is 2.95. The van der Waals surface area contributed by atoms with Crippen LogP contribution in [-0.4, -0.2) is 34.0 Å². The molecule has 0 bridgehead atoms. The van der Waals surface area contributed by atoms with Crippen LogP contribution in [0.25, 0.3) is 0 Å². The molecule has 1 unspecified atom stereocenters. The van der Waals surface area contributed by atoms with Crippen LogP contribution in [0.1, 0.15) is 38.1 Å². The van der Waals surface area contributed by atoms with E-state index in [-0.39, 0.29) is 6.10 Å². The number of nitrogens with one attached hydrogen (secondary N) is 1. The average molecular weight is 273 g/mol. The Balaban J connectivity index is 1.89. The number of ether oxygens (including phenoxy) is 1. The Morgan fingerprint density at radius 2 is 2.35 bits per heavy atom. The summed E-state index contributed by atoms with van der Waals surface area (Å²) in [6.07, 6.45) is 6.13. The fraction of sp³-hybridized carbons (Fsp3) is 0.818. The summed E-state index contributed by atoms with van der Waals surface area (Å²) < 4.78 is 9.92. The van der Waals surface area contributed by atoms with Gasteiger partial charge in [0.05, 0.1) is 0 Å². The summed E-state index contributed by atoms with van der Waals surface area (Å²) in [7, 11) is 1.68. The zero-order valence-electron chi connectivity index (χ0n) is 10.5. The first kappa shape index (κ1) is 13.1. The van der Waals surface area contributed by atoms with Gasteiger partial charge in [0.1, 0.15) is 6.10 Å². The van der Waals surface area contributed by atoms with Crippen molar-refractivity contribution in [3.8, 4) is 0 Å². The van der Waals surface area contributed by atoms with Crippen molar-refractivity contribution in [3.05, 3.63) is 5.82 Å². The monoisotopic (exact) mass is 273 g/mol. The van der Waals surface area contributed by atoms with Gasteiger partial charge < -0.3 is 10.1 Å². The third-order valence-corrected chi connectivity index (χ3v) is 5.52. The first-order valence-electron chi connectivity index (χ1n) is 5.84.